The molecule has 1 fully saturated rings. The Bertz CT molecular complexity index is 1530. The van der Waals surface area contributed by atoms with E-state index in [2.05, 4.69) is 54.0 Å². The Kier molecular flexibility index (Phi) is 6.48. The Balaban J connectivity index is 0.00000336. The Morgan fingerprint density at radius 1 is 1.24 bits per heavy atom. The van der Waals surface area contributed by atoms with Crippen LogP contribution >= 0.6 is 0 Å². The van der Waals surface area contributed by atoms with Gasteiger partial charge in [0.2, 0.25) is 0 Å². The summed E-state index contributed by atoms with van der Waals surface area (Å²) in [6.07, 6.45) is 15.0. The van der Waals surface area contributed by atoms with Crippen molar-refractivity contribution < 1.29 is 6.22 Å². The SMILES string of the molecule is C=C/C=C(\C=C)[C@H](C)NC12N=CC=C(n3cnc4cc(/C=C\C(=O)c5ccccc5C)ccc43)C1C2C.[HH]. The minimum atomic E-state index is -0.345. The molecule has 2 heterocycles. The van der Waals surface area contributed by atoms with Gasteiger partial charge in [0.1, 0.15) is 12.0 Å². The van der Waals surface area contributed by atoms with E-state index < -0.39 is 0 Å². The van der Waals surface area contributed by atoms with Gasteiger partial charge in [-0.1, -0.05) is 74.7 Å². The molecule has 37 heavy (non-hydrogen) atoms. The van der Waals surface area contributed by atoms with Crippen molar-refractivity contribution >= 4 is 34.8 Å². The number of nitrogens with zero attached hydrogens (tertiary/aromatic N) is 3. The number of aryl methyl sites for hydroxylation is 1. The summed E-state index contributed by atoms with van der Waals surface area (Å²) in [6, 6.07) is 13.8. The first-order chi connectivity index (χ1) is 17.9. The molecule has 0 saturated heterocycles. The number of nitrogens with one attached hydrogen (secondary N) is 1. The third kappa shape index (κ3) is 4.36. The molecule has 1 aromatic heterocycles. The Labute approximate surface area is 219 Å². The molecule has 2 aromatic carbocycles. The molecule has 1 N–H and O–H groups in total. The van der Waals surface area contributed by atoms with E-state index in [-0.39, 0.29) is 24.8 Å². The Hall–Kier alpha value is -4.09. The first-order valence-electron chi connectivity index (χ1n) is 12.6. The molecule has 5 heteroatoms. The molecule has 1 aliphatic carbocycles. The van der Waals surface area contributed by atoms with Crippen LogP contribution in [-0.4, -0.2) is 33.3 Å². The van der Waals surface area contributed by atoms with Gasteiger partial charge >= 0.3 is 0 Å². The lowest BCUT2D eigenvalue weighted by molar-refractivity contribution is 0.104. The number of fused-ring (bicyclic) bond motifs is 2. The zero-order chi connectivity index (χ0) is 26.2. The first-order valence-corrected chi connectivity index (χ1v) is 12.6. The van der Waals surface area contributed by atoms with Gasteiger partial charge in [0.25, 0.3) is 0 Å². The number of rotatable bonds is 9. The molecule has 5 rings (SSSR count). The summed E-state index contributed by atoms with van der Waals surface area (Å²) in [4.78, 5) is 22.2. The number of allylic oxidation sites excluding steroid dienone is 4. The largest absolute Gasteiger partial charge is 0.302 e. The number of ketones is 1. The van der Waals surface area contributed by atoms with Gasteiger partial charge in [0.15, 0.2) is 5.78 Å². The minimum Gasteiger partial charge on any atom is -0.302 e. The third-order valence-electron chi connectivity index (χ3n) is 7.59. The van der Waals surface area contributed by atoms with Gasteiger partial charge in [-0.05, 0) is 54.8 Å². The molecule has 0 bridgehead atoms. The van der Waals surface area contributed by atoms with Crippen molar-refractivity contribution in [2.45, 2.75) is 32.5 Å². The molecule has 3 aromatic rings. The van der Waals surface area contributed by atoms with E-state index in [1.165, 1.54) is 5.70 Å². The molecule has 4 atom stereocenters. The molecular formula is C32H34N4O. The lowest BCUT2D eigenvalue weighted by atomic mass is 10.0. The van der Waals surface area contributed by atoms with Gasteiger partial charge in [-0.2, -0.15) is 0 Å². The van der Waals surface area contributed by atoms with E-state index in [9.17, 15) is 4.79 Å². The van der Waals surface area contributed by atoms with Gasteiger partial charge in [-0.3, -0.25) is 15.1 Å². The first kappa shape index (κ1) is 24.6. The van der Waals surface area contributed by atoms with Crippen LogP contribution in [0.2, 0.25) is 0 Å². The highest BCUT2D eigenvalue weighted by Crippen LogP contribution is 2.58. The smallest absolute Gasteiger partial charge is 0.186 e. The predicted octanol–water partition coefficient (Wildman–Crippen LogP) is 6.65. The van der Waals surface area contributed by atoms with E-state index in [0.717, 1.165) is 33.3 Å². The summed E-state index contributed by atoms with van der Waals surface area (Å²) in [5.74, 6) is 0.569. The topological polar surface area (TPSA) is 59.3 Å². The minimum absolute atomic E-state index is 0. The third-order valence-corrected chi connectivity index (χ3v) is 7.59. The van der Waals surface area contributed by atoms with Crippen molar-refractivity contribution in [3.8, 4) is 0 Å². The summed E-state index contributed by atoms with van der Waals surface area (Å²) >= 11 is 0. The molecule has 0 radical (unpaired) electrons. The zero-order valence-corrected chi connectivity index (χ0v) is 21.6. The summed E-state index contributed by atoms with van der Waals surface area (Å²) in [5.41, 5.74) is 6.47. The molecule has 3 unspecified atom stereocenters. The maximum atomic E-state index is 12.6. The summed E-state index contributed by atoms with van der Waals surface area (Å²) < 4.78 is 2.16. The van der Waals surface area contributed by atoms with Crippen molar-refractivity contribution in [3.05, 3.63) is 115 Å². The fourth-order valence-electron chi connectivity index (χ4n) is 5.46. The van der Waals surface area contributed by atoms with Crippen LogP contribution in [0.4, 0.5) is 0 Å². The maximum absolute atomic E-state index is 12.6. The number of hydrogen-bond donors (Lipinski definition) is 1. The second-order valence-corrected chi connectivity index (χ2v) is 9.81. The monoisotopic (exact) mass is 490 g/mol. The average Bonchev–Trinajstić information content (AvgIpc) is 3.27. The number of imidazole rings is 1. The maximum Gasteiger partial charge on any atom is 0.186 e. The van der Waals surface area contributed by atoms with Crippen LogP contribution in [0.3, 0.4) is 0 Å². The van der Waals surface area contributed by atoms with Gasteiger partial charge in [-0.25, -0.2) is 4.98 Å². The number of carbonyl (C=O) groups is 1. The van der Waals surface area contributed by atoms with E-state index in [1.54, 1.807) is 12.2 Å². The average molecular weight is 491 g/mol. The van der Waals surface area contributed by atoms with Crippen LogP contribution in [0.25, 0.3) is 22.8 Å². The number of carbonyl (C=O) groups excluding carboxylic acids is 1. The number of aromatic nitrogens is 2. The molecular weight excluding hydrogens is 456 g/mol. The number of dihydropyridines is 1. The normalized spacial score (nSPS) is 23.5. The van der Waals surface area contributed by atoms with Crippen LogP contribution in [0.1, 0.15) is 36.8 Å². The molecule has 5 nitrogen and oxygen atoms in total. The molecule has 2 aliphatic rings. The zero-order valence-electron chi connectivity index (χ0n) is 21.6. The van der Waals surface area contributed by atoms with E-state index >= 15 is 0 Å². The van der Waals surface area contributed by atoms with Gasteiger partial charge in [0, 0.05) is 36.8 Å². The molecule has 1 aliphatic heterocycles. The van der Waals surface area contributed by atoms with Gasteiger partial charge < -0.3 is 4.57 Å². The van der Waals surface area contributed by atoms with Crippen LogP contribution < -0.4 is 5.32 Å². The second-order valence-electron chi connectivity index (χ2n) is 9.81. The van der Waals surface area contributed by atoms with Crippen molar-refractivity contribution in [1.82, 2.24) is 14.9 Å². The predicted molar refractivity (Wildman–Crippen MR) is 156 cm³/mol. The van der Waals surface area contributed by atoms with E-state index in [4.69, 9.17) is 4.99 Å². The molecule has 188 valence electrons. The van der Waals surface area contributed by atoms with Crippen molar-refractivity contribution in [2.75, 3.05) is 0 Å². The molecule has 0 spiro atoms. The summed E-state index contributed by atoms with van der Waals surface area (Å²) in [7, 11) is 0. The van der Waals surface area contributed by atoms with Crippen LogP contribution in [-0.2, 0) is 0 Å². The van der Waals surface area contributed by atoms with Crippen molar-refractivity contribution in [2.24, 2.45) is 16.8 Å². The van der Waals surface area contributed by atoms with Crippen LogP contribution in [0.15, 0.2) is 103 Å². The van der Waals surface area contributed by atoms with Gasteiger partial charge in [0.05, 0.1) is 11.0 Å². The molecule has 0 amide bonds. The summed E-state index contributed by atoms with van der Waals surface area (Å²) in [5, 5.41) is 3.75. The number of hydrogen-bond acceptors (Lipinski definition) is 4. The Morgan fingerprint density at radius 3 is 2.81 bits per heavy atom. The molecule has 1 saturated carbocycles. The summed E-state index contributed by atoms with van der Waals surface area (Å²) in [6.45, 7) is 14.1. The van der Waals surface area contributed by atoms with Crippen molar-refractivity contribution in [3.63, 3.8) is 0 Å². The number of benzene rings is 2. The fourth-order valence-corrected chi connectivity index (χ4v) is 5.46. The highest BCUT2D eigenvalue weighted by atomic mass is 16.1. The Morgan fingerprint density at radius 2 is 2.05 bits per heavy atom. The second kappa shape index (κ2) is 9.75. The van der Waals surface area contributed by atoms with E-state index in [0.29, 0.717) is 5.92 Å². The van der Waals surface area contributed by atoms with Gasteiger partial charge in [-0.15, -0.1) is 0 Å². The highest BCUT2D eigenvalue weighted by Gasteiger charge is 2.65. The lowest BCUT2D eigenvalue weighted by Gasteiger charge is -2.25. The van der Waals surface area contributed by atoms with E-state index in [1.807, 2.05) is 74.1 Å². The quantitative estimate of drug-likeness (QED) is 0.207. The standard InChI is InChI=1S/C32H32N4O.H2/c1-6-10-25(7-2)23(5)35-32-22(4)31(32)29(17-18-34-32)36-20-33-27-19-24(13-15-28(27)36)14-16-30(37)26-12-9-8-11-21(26)3;/h6-20,22-23,31,35H,1-2H2,3-5H3;1H/b16-14-,25-10+;/t22?,23-,31?,32?;/m0./s1. The van der Waals surface area contributed by atoms with Crippen molar-refractivity contribution in [1.29, 1.82) is 0 Å². The number of aliphatic imine (C=N–C) groups is 1. The lowest BCUT2D eigenvalue weighted by Crippen LogP contribution is -2.41. The fraction of sp³-hybridized carbons (Fsp3) is 0.219. The highest BCUT2D eigenvalue weighted by molar-refractivity contribution is 6.07. The van der Waals surface area contributed by atoms with Crippen LogP contribution in [0.5, 0.6) is 0 Å². The van der Waals surface area contributed by atoms with Crippen LogP contribution in [0, 0.1) is 18.8 Å².